The van der Waals surface area contributed by atoms with E-state index in [4.69, 9.17) is 46.4 Å². The van der Waals surface area contributed by atoms with Crippen molar-refractivity contribution >= 4 is 63.9 Å². The van der Waals surface area contributed by atoms with Crippen molar-refractivity contribution in [2.45, 2.75) is 31.7 Å². The second kappa shape index (κ2) is 8.53. The second-order valence-corrected chi connectivity index (χ2v) is 8.16. The van der Waals surface area contributed by atoms with Crippen molar-refractivity contribution in [3.8, 4) is 0 Å². The number of benzene rings is 1. The summed E-state index contributed by atoms with van der Waals surface area (Å²) in [5.74, 6) is 0.0196. The van der Waals surface area contributed by atoms with Crippen LogP contribution in [-0.4, -0.2) is 53.8 Å². The molecule has 2 saturated heterocycles. The van der Waals surface area contributed by atoms with Crippen molar-refractivity contribution in [2.24, 2.45) is 0 Å². The van der Waals surface area contributed by atoms with Crippen LogP contribution in [-0.2, 0) is 9.59 Å². The molecule has 0 bridgehead atoms. The summed E-state index contributed by atoms with van der Waals surface area (Å²) in [6, 6.07) is 1.73. The van der Waals surface area contributed by atoms with Crippen LogP contribution >= 0.6 is 46.4 Å². The Morgan fingerprint density at radius 2 is 1.69 bits per heavy atom. The first-order valence-corrected chi connectivity index (χ1v) is 10.0. The van der Waals surface area contributed by atoms with Crippen LogP contribution in [0.4, 0.5) is 5.69 Å². The van der Waals surface area contributed by atoms with Gasteiger partial charge in [-0.3, -0.25) is 14.5 Å². The molecule has 1 N–H and O–H groups in total. The van der Waals surface area contributed by atoms with E-state index in [1.165, 1.54) is 6.07 Å². The second-order valence-electron chi connectivity index (χ2n) is 6.59. The average molecular weight is 439 g/mol. The molecule has 1 aromatic rings. The van der Waals surface area contributed by atoms with Gasteiger partial charge in [0.2, 0.25) is 11.8 Å². The number of amides is 2. The Balaban J connectivity index is 1.55. The highest BCUT2D eigenvalue weighted by molar-refractivity contribution is 6.50. The van der Waals surface area contributed by atoms with E-state index < -0.39 is 0 Å². The third kappa shape index (κ3) is 4.39. The molecule has 2 heterocycles. The molecule has 2 aliphatic heterocycles. The quantitative estimate of drug-likeness (QED) is 0.712. The molecule has 2 fully saturated rings. The van der Waals surface area contributed by atoms with Gasteiger partial charge in [-0.2, -0.15) is 0 Å². The van der Waals surface area contributed by atoms with Crippen LogP contribution in [0.15, 0.2) is 6.07 Å². The zero-order valence-electron chi connectivity index (χ0n) is 14.0. The Bertz CT molecular complexity index is 694. The highest BCUT2D eigenvalue weighted by Gasteiger charge is 2.31. The molecule has 2 amide bonds. The molecule has 9 heteroatoms. The predicted molar refractivity (Wildman–Crippen MR) is 106 cm³/mol. The lowest BCUT2D eigenvalue weighted by Gasteiger charge is -2.36. The van der Waals surface area contributed by atoms with Crippen molar-refractivity contribution in [2.75, 3.05) is 31.5 Å². The van der Waals surface area contributed by atoms with Gasteiger partial charge in [-0.25, -0.2) is 0 Å². The summed E-state index contributed by atoms with van der Waals surface area (Å²) >= 11 is 24.2. The van der Waals surface area contributed by atoms with Crippen LogP contribution in [0, 0.1) is 0 Å². The van der Waals surface area contributed by atoms with Crippen LogP contribution in [0.1, 0.15) is 25.7 Å². The highest BCUT2D eigenvalue weighted by Crippen LogP contribution is 2.41. The summed E-state index contributed by atoms with van der Waals surface area (Å²) in [6.07, 6.45) is 3.37. The maximum Gasteiger partial charge on any atom is 0.238 e. The zero-order chi connectivity index (χ0) is 18.8. The zero-order valence-corrected chi connectivity index (χ0v) is 17.1. The fourth-order valence-electron chi connectivity index (χ4n) is 3.51. The number of carbonyl (C=O) groups excluding carboxylic acids is 2. The minimum Gasteiger partial charge on any atom is -0.340 e. The molecule has 3 rings (SSSR count). The third-order valence-electron chi connectivity index (χ3n) is 4.85. The molecule has 2 aliphatic rings. The van der Waals surface area contributed by atoms with E-state index >= 15 is 0 Å². The molecular weight excluding hydrogens is 420 g/mol. The largest absolute Gasteiger partial charge is 0.340 e. The molecule has 142 valence electrons. The monoisotopic (exact) mass is 437 g/mol. The summed E-state index contributed by atoms with van der Waals surface area (Å²) < 4.78 is 0. The average Bonchev–Trinajstić information content (AvgIpc) is 3.04. The Morgan fingerprint density at radius 1 is 1.08 bits per heavy atom. The Kier molecular flexibility index (Phi) is 6.57. The van der Waals surface area contributed by atoms with Crippen molar-refractivity contribution in [1.82, 2.24) is 9.80 Å². The van der Waals surface area contributed by atoms with E-state index in [9.17, 15) is 9.59 Å². The Hall–Kier alpha value is -0.720. The lowest BCUT2D eigenvalue weighted by Crippen LogP contribution is -2.47. The highest BCUT2D eigenvalue weighted by atomic mass is 35.5. The van der Waals surface area contributed by atoms with Crippen molar-refractivity contribution in [3.63, 3.8) is 0 Å². The molecule has 5 nitrogen and oxygen atoms in total. The number of hydrogen-bond donors (Lipinski definition) is 1. The number of carbonyl (C=O) groups is 2. The lowest BCUT2D eigenvalue weighted by atomic mass is 10.0. The number of piperidine rings is 1. The third-order valence-corrected chi connectivity index (χ3v) is 6.43. The smallest absolute Gasteiger partial charge is 0.238 e. The molecule has 26 heavy (non-hydrogen) atoms. The van der Waals surface area contributed by atoms with Crippen molar-refractivity contribution < 1.29 is 9.59 Å². The Morgan fingerprint density at radius 3 is 2.23 bits per heavy atom. The van der Waals surface area contributed by atoms with E-state index in [1.807, 2.05) is 4.90 Å². The summed E-state index contributed by atoms with van der Waals surface area (Å²) in [7, 11) is 0. The molecule has 0 saturated carbocycles. The van der Waals surface area contributed by atoms with Crippen LogP contribution in [0.3, 0.4) is 0 Å². The van der Waals surface area contributed by atoms with Gasteiger partial charge in [-0.1, -0.05) is 46.4 Å². The number of nitrogens with zero attached hydrogens (tertiary/aromatic N) is 2. The molecule has 0 aliphatic carbocycles. The maximum atomic E-state index is 12.4. The minimum atomic E-state index is -0.233. The van der Waals surface area contributed by atoms with Crippen LogP contribution < -0.4 is 5.32 Å². The van der Waals surface area contributed by atoms with E-state index in [1.54, 1.807) is 0 Å². The fraction of sp³-hybridized carbons (Fsp3) is 0.529. The number of nitrogens with one attached hydrogen (secondary N) is 1. The first-order valence-electron chi connectivity index (χ1n) is 8.51. The van der Waals surface area contributed by atoms with E-state index in [2.05, 4.69) is 10.2 Å². The number of hydrogen-bond acceptors (Lipinski definition) is 3. The molecule has 1 aromatic carbocycles. The summed E-state index contributed by atoms with van der Waals surface area (Å²) in [5, 5.41) is 3.50. The molecular formula is C17H19Cl4N3O2. The van der Waals surface area contributed by atoms with Crippen molar-refractivity contribution in [3.05, 3.63) is 26.2 Å². The number of anilines is 1. The standard InChI is InChI=1S/C17H19Cl4N3O2/c18-11-8-12(19)16(21)17(15(11)20)22-13(25)9-23-6-3-10(4-7-23)24-5-1-2-14(24)26/h8,10H,1-7,9H2,(H,22,25). The van der Waals surface area contributed by atoms with Gasteiger partial charge >= 0.3 is 0 Å². The van der Waals surface area contributed by atoms with Crippen molar-refractivity contribution in [1.29, 1.82) is 0 Å². The number of rotatable bonds is 4. The molecule has 0 radical (unpaired) electrons. The number of halogens is 4. The van der Waals surface area contributed by atoms with Gasteiger partial charge in [-0.05, 0) is 25.3 Å². The molecule has 0 atom stereocenters. The SMILES string of the molecule is O=C(CN1CCC(N2CCCC2=O)CC1)Nc1c(Cl)c(Cl)cc(Cl)c1Cl. The first-order chi connectivity index (χ1) is 12.4. The Labute approximate surface area is 172 Å². The van der Waals surface area contributed by atoms with Gasteiger partial charge in [0, 0.05) is 32.1 Å². The number of likely N-dealkylation sites (tertiary alicyclic amines) is 2. The van der Waals surface area contributed by atoms with Gasteiger partial charge in [0.05, 0.1) is 32.3 Å². The van der Waals surface area contributed by atoms with Gasteiger partial charge < -0.3 is 10.2 Å². The summed E-state index contributed by atoms with van der Waals surface area (Å²) in [4.78, 5) is 28.3. The molecule has 0 unspecified atom stereocenters. The minimum absolute atomic E-state index is 0.167. The lowest BCUT2D eigenvalue weighted by molar-refractivity contribution is -0.130. The summed E-state index contributed by atoms with van der Waals surface area (Å²) in [6.45, 7) is 2.60. The fourth-order valence-corrected chi connectivity index (χ4v) is 4.41. The first kappa shape index (κ1) is 20.0. The van der Waals surface area contributed by atoms with Gasteiger partial charge in [0.1, 0.15) is 0 Å². The van der Waals surface area contributed by atoms with Crippen LogP contribution in [0.5, 0.6) is 0 Å². The summed E-state index contributed by atoms with van der Waals surface area (Å²) in [5.41, 5.74) is 0.230. The van der Waals surface area contributed by atoms with E-state index in [0.29, 0.717) is 12.5 Å². The molecule has 0 spiro atoms. The van der Waals surface area contributed by atoms with Gasteiger partial charge in [-0.15, -0.1) is 0 Å². The molecule has 0 aromatic heterocycles. The topological polar surface area (TPSA) is 52.7 Å². The van der Waals surface area contributed by atoms with Crippen LogP contribution in [0.2, 0.25) is 20.1 Å². The van der Waals surface area contributed by atoms with Crippen LogP contribution in [0.25, 0.3) is 0 Å². The predicted octanol–water partition coefficient (Wildman–Crippen LogP) is 4.33. The normalized spacial score (nSPS) is 19.2. The van der Waals surface area contributed by atoms with Gasteiger partial charge in [0.15, 0.2) is 0 Å². The maximum absolute atomic E-state index is 12.4. The van der Waals surface area contributed by atoms with E-state index in [-0.39, 0.29) is 44.1 Å². The van der Waals surface area contributed by atoms with E-state index in [0.717, 1.165) is 38.9 Å². The van der Waals surface area contributed by atoms with Gasteiger partial charge in [0.25, 0.3) is 0 Å².